The van der Waals surface area contributed by atoms with Crippen molar-refractivity contribution in [1.29, 1.82) is 0 Å². The number of nitrogens with zero attached hydrogens (tertiary/aromatic N) is 3. The lowest BCUT2D eigenvalue weighted by Crippen LogP contribution is -2.61. The third-order valence-electron chi connectivity index (χ3n) is 3.81. The van der Waals surface area contributed by atoms with Crippen LogP contribution in [-0.2, 0) is 5.75 Å². The summed E-state index contributed by atoms with van der Waals surface area (Å²) in [6, 6.07) is 8.28. The molecule has 0 radical (unpaired) electrons. The van der Waals surface area contributed by atoms with E-state index in [0.717, 1.165) is 37.4 Å². The summed E-state index contributed by atoms with van der Waals surface area (Å²) in [6.07, 6.45) is 3.84. The molecule has 1 aliphatic rings. The molecule has 1 saturated heterocycles. The van der Waals surface area contributed by atoms with Crippen LogP contribution in [0.5, 0.6) is 5.75 Å². The molecule has 2 heterocycles. The number of hydrogen-bond donors (Lipinski definition) is 0. The summed E-state index contributed by atoms with van der Waals surface area (Å²) in [4.78, 5) is 1.65. The number of nitrogens with one attached hydrogen (secondary N) is 1. The minimum absolute atomic E-state index is 0. The quantitative estimate of drug-likeness (QED) is 0.770. The number of ether oxygens (including phenoxy) is 1. The van der Waals surface area contributed by atoms with Gasteiger partial charge < -0.3 is 15.0 Å². The highest BCUT2D eigenvalue weighted by atomic mass is 35.5. The van der Waals surface area contributed by atoms with Crippen molar-refractivity contribution in [3.05, 3.63) is 41.8 Å². The van der Waals surface area contributed by atoms with Crippen molar-refractivity contribution in [3.63, 3.8) is 0 Å². The predicted octanol–water partition coefficient (Wildman–Crippen LogP) is 3.11. The number of aromatic nitrogens is 2. The summed E-state index contributed by atoms with van der Waals surface area (Å²) in [5, 5.41) is 6.62. The molecular weight excluding hydrogens is 336 g/mol. The zero-order valence-electron chi connectivity index (χ0n) is 13.0. The summed E-state index contributed by atoms with van der Waals surface area (Å²) < 4.78 is 9.97. The van der Waals surface area contributed by atoms with E-state index in [2.05, 4.69) is 22.4 Å². The van der Waals surface area contributed by atoms with Gasteiger partial charge in [-0.1, -0.05) is 12.1 Å². The van der Waals surface area contributed by atoms with E-state index in [4.69, 9.17) is 15.0 Å². The third-order valence-corrected chi connectivity index (χ3v) is 5.25. The largest absolute Gasteiger partial charge is 0.660 e. The molecule has 23 heavy (non-hydrogen) atoms. The first-order valence-electron chi connectivity index (χ1n) is 7.34. The fourth-order valence-corrected chi connectivity index (χ4v) is 3.69. The SMILES string of the molecule is COc1ccc(CSC2CCN([n+]3cc([NH-])on3)CC2)cc1.Cl. The second-order valence-corrected chi connectivity index (χ2v) is 6.59. The number of piperidine rings is 1. The predicted molar refractivity (Wildman–Crippen MR) is 93.2 cm³/mol. The summed E-state index contributed by atoms with van der Waals surface area (Å²) >= 11 is 2.01. The van der Waals surface area contributed by atoms with Gasteiger partial charge in [-0.25, -0.2) is 0 Å². The topological polar surface area (TPSA) is 66.2 Å². The maximum atomic E-state index is 7.37. The Kier molecular flexibility index (Phi) is 6.41. The van der Waals surface area contributed by atoms with Crippen molar-refractivity contribution < 1.29 is 14.1 Å². The van der Waals surface area contributed by atoms with Crippen LogP contribution >= 0.6 is 24.2 Å². The highest BCUT2D eigenvalue weighted by Crippen LogP contribution is 2.26. The lowest BCUT2D eigenvalue weighted by atomic mass is 10.1. The van der Waals surface area contributed by atoms with Crippen LogP contribution in [-0.4, -0.2) is 30.7 Å². The normalized spacial score (nSPS) is 15.3. The van der Waals surface area contributed by atoms with Gasteiger partial charge in [-0.3, -0.25) is 0 Å². The molecular formula is C15H21ClN4O2S. The first-order valence-corrected chi connectivity index (χ1v) is 8.39. The van der Waals surface area contributed by atoms with Crippen LogP contribution in [0.4, 0.5) is 5.88 Å². The molecule has 0 spiro atoms. The van der Waals surface area contributed by atoms with E-state index in [1.807, 2.05) is 23.9 Å². The smallest absolute Gasteiger partial charge is 0.256 e. The zero-order chi connectivity index (χ0) is 15.4. The van der Waals surface area contributed by atoms with E-state index in [1.165, 1.54) is 5.56 Å². The Morgan fingerprint density at radius 1 is 1.35 bits per heavy atom. The minimum Gasteiger partial charge on any atom is -0.660 e. The lowest BCUT2D eigenvalue weighted by molar-refractivity contribution is -0.759. The zero-order valence-corrected chi connectivity index (χ0v) is 14.6. The number of benzene rings is 1. The summed E-state index contributed by atoms with van der Waals surface area (Å²) in [5.74, 6) is 2.03. The van der Waals surface area contributed by atoms with E-state index in [0.29, 0.717) is 5.25 Å². The van der Waals surface area contributed by atoms with Crippen LogP contribution in [0.2, 0.25) is 0 Å². The first kappa shape index (κ1) is 17.7. The molecule has 1 aromatic heterocycles. The average Bonchev–Trinajstić information content (AvgIpc) is 3.00. The fourth-order valence-electron chi connectivity index (χ4n) is 2.52. The molecule has 3 rings (SSSR count). The third kappa shape index (κ3) is 4.68. The van der Waals surface area contributed by atoms with E-state index in [1.54, 1.807) is 18.1 Å². The van der Waals surface area contributed by atoms with Gasteiger partial charge in [-0.15, -0.1) is 12.4 Å². The number of methoxy groups -OCH3 is 1. The molecule has 126 valence electrons. The second kappa shape index (κ2) is 8.31. The maximum absolute atomic E-state index is 7.37. The Hall–Kier alpha value is -1.60. The van der Waals surface area contributed by atoms with Crippen LogP contribution in [0.3, 0.4) is 0 Å². The molecule has 0 bridgehead atoms. The van der Waals surface area contributed by atoms with Crippen molar-refractivity contribution in [2.75, 3.05) is 25.2 Å². The Bertz CT molecular complexity index is 600. The van der Waals surface area contributed by atoms with Gasteiger partial charge in [0, 0.05) is 11.0 Å². The van der Waals surface area contributed by atoms with Crippen LogP contribution in [0, 0.1) is 0 Å². The molecule has 2 aromatic rings. The van der Waals surface area contributed by atoms with E-state index >= 15 is 0 Å². The standard InChI is InChI=1S/C15H20N4O2S.ClH/c1-20-13-4-2-12(3-5-13)11-22-14-6-8-18(9-7-14)19-10-15(16)21-17-19;/h2-5,10,14,16H,6-9,11H2,1H3;1H. The van der Waals surface area contributed by atoms with Crippen LogP contribution in [0.15, 0.2) is 35.0 Å². The Morgan fingerprint density at radius 2 is 2.04 bits per heavy atom. The number of halogens is 1. The Balaban J connectivity index is 0.00000192. The molecule has 6 nitrogen and oxygen atoms in total. The minimum atomic E-state index is 0. The molecule has 0 saturated carbocycles. The van der Waals surface area contributed by atoms with Crippen LogP contribution < -0.4 is 14.5 Å². The highest BCUT2D eigenvalue weighted by molar-refractivity contribution is 7.99. The van der Waals surface area contributed by atoms with Crippen LogP contribution in [0.25, 0.3) is 5.73 Å². The molecule has 0 unspecified atom stereocenters. The van der Waals surface area contributed by atoms with Crippen molar-refractivity contribution in [1.82, 2.24) is 5.27 Å². The van der Waals surface area contributed by atoms with Crippen molar-refractivity contribution >= 4 is 30.1 Å². The van der Waals surface area contributed by atoms with E-state index < -0.39 is 0 Å². The van der Waals surface area contributed by atoms with Gasteiger partial charge in [0.1, 0.15) is 11.6 Å². The van der Waals surface area contributed by atoms with Gasteiger partial charge in [0.25, 0.3) is 6.20 Å². The van der Waals surface area contributed by atoms with Crippen molar-refractivity contribution in [3.8, 4) is 5.75 Å². The molecule has 8 heteroatoms. The number of thioether (sulfide) groups is 1. The summed E-state index contributed by atoms with van der Waals surface area (Å²) in [5.41, 5.74) is 8.71. The second-order valence-electron chi connectivity index (χ2n) is 5.30. The monoisotopic (exact) mass is 356 g/mol. The van der Waals surface area contributed by atoms with Gasteiger partial charge in [-0.05, 0) is 30.5 Å². The van der Waals surface area contributed by atoms with Gasteiger partial charge in [0.2, 0.25) is 5.27 Å². The molecule has 1 fully saturated rings. The van der Waals surface area contributed by atoms with Crippen molar-refractivity contribution in [2.45, 2.75) is 23.8 Å². The fraction of sp³-hybridized carbons (Fsp3) is 0.467. The molecule has 0 atom stereocenters. The van der Waals surface area contributed by atoms with E-state index in [9.17, 15) is 0 Å². The number of hydrogen-bond acceptors (Lipinski definition) is 5. The van der Waals surface area contributed by atoms with Gasteiger partial charge in [0.05, 0.1) is 25.0 Å². The van der Waals surface area contributed by atoms with Gasteiger partial charge in [-0.2, -0.15) is 16.8 Å². The molecule has 1 N–H and O–H groups in total. The summed E-state index contributed by atoms with van der Waals surface area (Å²) in [6.45, 7) is 1.88. The molecule has 0 aliphatic carbocycles. The lowest BCUT2D eigenvalue weighted by Gasteiger charge is -2.26. The summed E-state index contributed by atoms with van der Waals surface area (Å²) in [7, 11) is 1.69. The first-order chi connectivity index (χ1) is 10.7. The highest BCUT2D eigenvalue weighted by Gasteiger charge is 2.26. The Morgan fingerprint density at radius 3 is 2.61 bits per heavy atom. The molecule has 1 aromatic carbocycles. The Labute approximate surface area is 146 Å². The average molecular weight is 357 g/mol. The molecule has 0 amide bonds. The number of rotatable bonds is 5. The van der Waals surface area contributed by atoms with Crippen LogP contribution in [0.1, 0.15) is 18.4 Å². The molecule has 1 aliphatic heterocycles. The van der Waals surface area contributed by atoms with Crippen molar-refractivity contribution in [2.24, 2.45) is 0 Å². The van der Waals surface area contributed by atoms with Gasteiger partial charge >= 0.3 is 0 Å². The van der Waals surface area contributed by atoms with Gasteiger partial charge in [0.15, 0.2) is 0 Å². The van der Waals surface area contributed by atoms with E-state index in [-0.39, 0.29) is 18.3 Å². The maximum Gasteiger partial charge on any atom is 0.256 e.